The highest BCUT2D eigenvalue weighted by Gasteiger charge is 2.07. The van der Waals surface area contributed by atoms with Crippen molar-refractivity contribution < 1.29 is 9.18 Å². The van der Waals surface area contributed by atoms with Crippen LogP contribution in [0.2, 0.25) is 0 Å². The van der Waals surface area contributed by atoms with Crippen LogP contribution in [0.5, 0.6) is 0 Å². The van der Waals surface area contributed by atoms with Crippen LogP contribution in [0.25, 0.3) is 10.9 Å². The lowest BCUT2D eigenvalue weighted by Gasteiger charge is -2.00. The number of pyridine rings is 1. The van der Waals surface area contributed by atoms with Crippen molar-refractivity contribution in [1.29, 1.82) is 0 Å². The zero-order valence-corrected chi connectivity index (χ0v) is 8.11. The van der Waals surface area contributed by atoms with Crippen LogP contribution in [-0.2, 0) is 0 Å². The van der Waals surface area contributed by atoms with Gasteiger partial charge in [0.15, 0.2) is 5.78 Å². The van der Waals surface area contributed by atoms with E-state index in [-0.39, 0.29) is 12.2 Å². The van der Waals surface area contributed by atoms with E-state index in [0.717, 1.165) is 10.9 Å². The number of nitrogens with zero attached hydrogens (tertiary/aromatic N) is 1. The molecule has 15 heavy (non-hydrogen) atoms. The van der Waals surface area contributed by atoms with E-state index in [2.05, 4.69) is 4.98 Å². The average Bonchev–Trinajstić information content (AvgIpc) is 2.29. The predicted molar refractivity (Wildman–Crippen MR) is 56.7 cm³/mol. The number of rotatable bonds is 3. The number of hydrogen-bond acceptors (Lipinski definition) is 2. The molecule has 1 aromatic carbocycles. The van der Waals surface area contributed by atoms with Gasteiger partial charge in [0.05, 0.1) is 12.2 Å². The van der Waals surface area contributed by atoms with Crippen molar-refractivity contribution in [3.8, 4) is 0 Å². The van der Waals surface area contributed by atoms with Gasteiger partial charge in [-0.2, -0.15) is 0 Å². The first kappa shape index (κ1) is 9.77. The summed E-state index contributed by atoms with van der Waals surface area (Å²) in [4.78, 5) is 15.6. The number of fused-ring (bicyclic) bond motifs is 1. The Kier molecular flexibility index (Phi) is 2.72. The van der Waals surface area contributed by atoms with Gasteiger partial charge < -0.3 is 0 Å². The van der Waals surface area contributed by atoms with Crippen molar-refractivity contribution in [3.63, 3.8) is 0 Å². The molecule has 0 aliphatic heterocycles. The van der Waals surface area contributed by atoms with Gasteiger partial charge in [-0.25, -0.2) is 4.98 Å². The van der Waals surface area contributed by atoms with Crippen LogP contribution in [0.15, 0.2) is 36.4 Å². The molecule has 2 rings (SSSR count). The first-order valence-corrected chi connectivity index (χ1v) is 4.76. The quantitative estimate of drug-likeness (QED) is 0.718. The molecule has 0 aliphatic rings. The van der Waals surface area contributed by atoms with E-state index in [4.69, 9.17) is 0 Å². The summed E-state index contributed by atoms with van der Waals surface area (Å²) in [6, 6.07) is 11.0. The Bertz CT molecular complexity index is 496. The van der Waals surface area contributed by atoms with Crippen LogP contribution in [0.3, 0.4) is 0 Å². The number of carbonyl (C=O) groups is 1. The molecular formula is C12H10FNO. The van der Waals surface area contributed by atoms with Crippen molar-refractivity contribution >= 4 is 16.7 Å². The Morgan fingerprint density at radius 2 is 2.00 bits per heavy atom. The van der Waals surface area contributed by atoms with Gasteiger partial charge in [0.1, 0.15) is 5.69 Å². The van der Waals surface area contributed by atoms with E-state index in [1.54, 1.807) is 6.07 Å². The molecular weight excluding hydrogens is 193 g/mol. The molecule has 0 amide bonds. The Morgan fingerprint density at radius 1 is 1.20 bits per heavy atom. The van der Waals surface area contributed by atoms with E-state index < -0.39 is 6.67 Å². The second-order valence-electron chi connectivity index (χ2n) is 3.25. The van der Waals surface area contributed by atoms with Gasteiger partial charge >= 0.3 is 0 Å². The number of aromatic nitrogens is 1. The fourth-order valence-electron chi connectivity index (χ4n) is 1.44. The lowest BCUT2D eigenvalue weighted by Crippen LogP contribution is -2.02. The van der Waals surface area contributed by atoms with Gasteiger partial charge in [-0.05, 0) is 12.1 Å². The van der Waals surface area contributed by atoms with Gasteiger partial charge in [0, 0.05) is 11.8 Å². The zero-order valence-electron chi connectivity index (χ0n) is 8.11. The molecule has 0 saturated carbocycles. The summed E-state index contributed by atoms with van der Waals surface area (Å²) >= 11 is 0. The number of halogens is 1. The molecule has 0 spiro atoms. The number of Topliss-reactive ketones (excluding diaryl/α,β-unsaturated/α-hetero) is 1. The number of ketones is 1. The molecule has 0 saturated heterocycles. The van der Waals surface area contributed by atoms with Crippen molar-refractivity contribution in [2.45, 2.75) is 6.42 Å². The highest BCUT2D eigenvalue weighted by Crippen LogP contribution is 2.12. The Labute approximate surface area is 86.8 Å². The third-order valence-corrected chi connectivity index (χ3v) is 2.21. The summed E-state index contributed by atoms with van der Waals surface area (Å²) in [5.41, 5.74) is 1.11. The summed E-state index contributed by atoms with van der Waals surface area (Å²) < 4.78 is 12.0. The monoisotopic (exact) mass is 203 g/mol. The van der Waals surface area contributed by atoms with Crippen LogP contribution < -0.4 is 0 Å². The molecule has 1 aromatic heterocycles. The maximum atomic E-state index is 12.0. The molecule has 0 fully saturated rings. The Balaban J connectivity index is 2.42. The van der Waals surface area contributed by atoms with Gasteiger partial charge in [0.2, 0.25) is 0 Å². The normalized spacial score (nSPS) is 10.5. The lowest BCUT2D eigenvalue weighted by molar-refractivity contribution is 0.0969. The standard InChI is InChI=1S/C12H10FNO/c13-8-7-12(15)11-6-5-9-3-1-2-4-10(9)14-11/h1-6H,7-8H2. The zero-order chi connectivity index (χ0) is 10.7. The topological polar surface area (TPSA) is 30.0 Å². The summed E-state index contributed by atoms with van der Waals surface area (Å²) in [6.07, 6.45) is -0.0919. The van der Waals surface area contributed by atoms with Crippen molar-refractivity contribution in [1.82, 2.24) is 4.98 Å². The van der Waals surface area contributed by atoms with E-state index >= 15 is 0 Å². The van der Waals surface area contributed by atoms with Crippen LogP contribution >= 0.6 is 0 Å². The molecule has 0 aliphatic carbocycles. The molecule has 1 heterocycles. The van der Waals surface area contributed by atoms with Gasteiger partial charge in [0.25, 0.3) is 0 Å². The highest BCUT2D eigenvalue weighted by atomic mass is 19.1. The summed E-state index contributed by atoms with van der Waals surface area (Å²) in [5.74, 6) is -0.247. The van der Waals surface area contributed by atoms with E-state index in [0.29, 0.717) is 5.69 Å². The molecule has 0 radical (unpaired) electrons. The predicted octanol–water partition coefficient (Wildman–Crippen LogP) is 2.78. The smallest absolute Gasteiger partial charge is 0.183 e. The highest BCUT2D eigenvalue weighted by molar-refractivity contribution is 5.96. The number of benzene rings is 1. The fraction of sp³-hybridized carbons (Fsp3) is 0.167. The van der Waals surface area contributed by atoms with Gasteiger partial charge in [-0.3, -0.25) is 9.18 Å². The number of hydrogen-bond donors (Lipinski definition) is 0. The summed E-state index contributed by atoms with van der Waals surface area (Å²) in [5, 5.41) is 0.981. The Hall–Kier alpha value is -1.77. The van der Waals surface area contributed by atoms with Crippen molar-refractivity contribution in [3.05, 3.63) is 42.1 Å². The first-order chi connectivity index (χ1) is 7.31. The van der Waals surface area contributed by atoms with Crippen LogP contribution in [-0.4, -0.2) is 17.4 Å². The molecule has 0 N–H and O–H groups in total. The average molecular weight is 203 g/mol. The molecule has 0 unspecified atom stereocenters. The van der Waals surface area contributed by atoms with E-state index in [1.165, 1.54) is 0 Å². The number of para-hydroxylation sites is 1. The van der Waals surface area contributed by atoms with Gasteiger partial charge in [-0.15, -0.1) is 0 Å². The van der Waals surface area contributed by atoms with E-state index in [9.17, 15) is 9.18 Å². The minimum absolute atomic E-state index is 0.0919. The van der Waals surface area contributed by atoms with E-state index in [1.807, 2.05) is 30.3 Å². The SMILES string of the molecule is O=C(CCF)c1ccc2ccccc2n1. The number of alkyl halides is 1. The largest absolute Gasteiger partial charge is 0.292 e. The minimum Gasteiger partial charge on any atom is -0.292 e. The maximum Gasteiger partial charge on any atom is 0.183 e. The maximum absolute atomic E-state index is 12.0. The lowest BCUT2D eigenvalue weighted by atomic mass is 10.1. The molecule has 2 aromatic rings. The molecule has 2 nitrogen and oxygen atoms in total. The summed E-state index contributed by atoms with van der Waals surface area (Å²) in [7, 11) is 0. The van der Waals surface area contributed by atoms with Crippen molar-refractivity contribution in [2.24, 2.45) is 0 Å². The molecule has 3 heteroatoms. The first-order valence-electron chi connectivity index (χ1n) is 4.76. The van der Waals surface area contributed by atoms with Gasteiger partial charge in [-0.1, -0.05) is 24.3 Å². The third-order valence-electron chi connectivity index (χ3n) is 2.21. The fourth-order valence-corrected chi connectivity index (χ4v) is 1.44. The third kappa shape index (κ3) is 2.01. The molecule has 76 valence electrons. The Morgan fingerprint density at radius 3 is 2.80 bits per heavy atom. The number of carbonyl (C=O) groups excluding carboxylic acids is 1. The second kappa shape index (κ2) is 4.17. The summed E-state index contributed by atoms with van der Waals surface area (Å²) in [6.45, 7) is -0.632. The molecule has 0 atom stereocenters. The minimum atomic E-state index is -0.632. The second-order valence-corrected chi connectivity index (χ2v) is 3.25. The van der Waals surface area contributed by atoms with Crippen LogP contribution in [0.1, 0.15) is 16.9 Å². The van der Waals surface area contributed by atoms with Crippen LogP contribution in [0, 0.1) is 0 Å². The van der Waals surface area contributed by atoms with Crippen molar-refractivity contribution in [2.75, 3.05) is 6.67 Å². The molecule has 0 bridgehead atoms. The van der Waals surface area contributed by atoms with Crippen LogP contribution in [0.4, 0.5) is 4.39 Å².